The van der Waals surface area contributed by atoms with E-state index in [-0.39, 0.29) is 0 Å². The van der Waals surface area contributed by atoms with Crippen molar-refractivity contribution in [2.24, 2.45) is 0 Å². The molecular formula is C25H39N5O2S. The zero-order valence-electron chi connectivity index (χ0n) is 20.2. The summed E-state index contributed by atoms with van der Waals surface area (Å²) in [4.78, 5) is 4.31. The molecule has 1 fully saturated rings. The number of fused-ring (bicyclic) bond motifs is 2. The second kappa shape index (κ2) is 10.6. The van der Waals surface area contributed by atoms with Crippen LogP contribution in [0.4, 0.5) is 0 Å². The van der Waals surface area contributed by atoms with Gasteiger partial charge in [-0.15, -0.1) is 0 Å². The third-order valence-electron chi connectivity index (χ3n) is 7.21. The van der Waals surface area contributed by atoms with Crippen LogP contribution in [0.2, 0.25) is 0 Å². The summed E-state index contributed by atoms with van der Waals surface area (Å²) in [5.41, 5.74) is 2.78. The van der Waals surface area contributed by atoms with Crippen LogP contribution in [0.25, 0.3) is 16.5 Å². The summed E-state index contributed by atoms with van der Waals surface area (Å²) in [6.07, 6.45) is 11.8. The van der Waals surface area contributed by atoms with Crippen LogP contribution >= 0.6 is 0 Å². The predicted octanol–water partition coefficient (Wildman–Crippen LogP) is 4.37. The van der Waals surface area contributed by atoms with E-state index in [4.69, 9.17) is 5.84 Å². The zero-order chi connectivity index (χ0) is 23.4. The first-order valence-electron chi connectivity index (χ1n) is 12.7. The number of piperidine rings is 1. The van der Waals surface area contributed by atoms with Crippen molar-refractivity contribution in [3.05, 3.63) is 30.0 Å². The van der Waals surface area contributed by atoms with Crippen molar-refractivity contribution < 1.29 is 8.42 Å². The molecule has 0 aliphatic carbocycles. The number of hydrogen-bond donors (Lipinski definition) is 1. The number of nitrogen functional groups attached to an aromatic ring is 1. The summed E-state index contributed by atoms with van der Waals surface area (Å²) >= 11 is 0. The highest BCUT2D eigenvalue weighted by Gasteiger charge is 2.28. The first-order valence-corrected chi connectivity index (χ1v) is 14.1. The molecule has 3 heterocycles. The number of nitrogens with zero attached hydrogens (tertiary/aromatic N) is 4. The largest absolute Gasteiger partial charge is 0.323 e. The molecule has 182 valence electrons. The van der Waals surface area contributed by atoms with E-state index in [2.05, 4.69) is 29.9 Å². The monoisotopic (exact) mass is 473 g/mol. The van der Waals surface area contributed by atoms with Gasteiger partial charge in [0.1, 0.15) is 0 Å². The molecule has 1 saturated heterocycles. The number of allylic oxidation sites excluding steroid dienone is 1. The molecule has 7 nitrogen and oxygen atoms in total. The van der Waals surface area contributed by atoms with Gasteiger partial charge in [-0.25, -0.2) is 8.42 Å². The van der Waals surface area contributed by atoms with Gasteiger partial charge in [-0.05, 0) is 68.8 Å². The highest BCUT2D eigenvalue weighted by atomic mass is 32.2. The maximum Gasteiger partial charge on any atom is 0.243 e. The van der Waals surface area contributed by atoms with Crippen molar-refractivity contribution in [3.8, 4) is 0 Å². The Balaban J connectivity index is 1.68. The molecule has 1 aromatic heterocycles. The SMILES string of the molecule is CCCCN(CCCC)S(=O)(=O)c1ccc2c(c1)c(C1=CCN3CCCCC3CC1)nn2N. The average Bonchev–Trinajstić information content (AvgIpc) is 3.01. The Morgan fingerprint density at radius 2 is 1.88 bits per heavy atom. The predicted molar refractivity (Wildman–Crippen MR) is 135 cm³/mol. The number of aromatic nitrogens is 2. The van der Waals surface area contributed by atoms with Gasteiger partial charge in [-0.3, -0.25) is 4.90 Å². The molecular weight excluding hydrogens is 434 g/mol. The van der Waals surface area contributed by atoms with Gasteiger partial charge >= 0.3 is 0 Å². The average molecular weight is 474 g/mol. The van der Waals surface area contributed by atoms with Crippen LogP contribution in [0.1, 0.15) is 77.3 Å². The normalized spacial score (nSPS) is 20.1. The molecule has 0 bridgehead atoms. The van der Waals surface area contributed by atoms with Gasteiger partial charge < -0.3 is 5.84 Å². The zero-order valence-corrected chi connectivity index (χ0v) is 21.0. The lowest BCUT2D eigenvalue weighted by Crippen LogP contribution is -2.38. The minimum Gasteiger partial charge on any atom is -0.323 e. The molecule has 4 rings (SSSR count). The Labute approximate surface area is 198 Å². The third kappa shape index (κ3) is 5.12. The Bertz CT molecular complexity index is 1080. The smallest absolute Gasteiger partial charge is 0.243 e. The lowest BCUT2D eigenvalue weighted by Gasteiger charge is -2.33. The summed E-state index contributed by atoms with van der Waals surface area (Å²) in [5, 5.41) is 5.47. The number of sulfonamides is 1. The third-order valence-corrected chi connectivity index (χ3v) is 9.10. The molecule has 0 radical (unpaired) electrons. The summed E-state index contributed by atoms with van der Waals surface area (Å²) in [5.74, 6) is 6.20. The van der Waals surface area contributed by atoms with E-state index >= 15 is 0 Å². The standard InChI is InChI=1S/C25H39N5O2S/c1-3-5-16-29(17-6-4-2)33(31,32)22-12-13-24-23(19-22)25(27-30(24)26)20-10-11-21-9-7-8-15-28(21)18-14-20/h12-14,19,21H,3-11,15-18,26H2,1-2H3. The molecule has 2 aliphatic heterocycles. The number of nitrogens with two attached hydrogens (primary N) is 1. The Hall–Kier alpha value is -1.90. The van der Waals surface area contributed by atoms with E-state index in [0.29, 0.717) is 24.0 Å². The van der Waals surface area contributed by atoms with Gasteiger partial charge in [-0.1, -0.05) is 39.2 Å². The highest BCUT2D eigenvalue weighted by molar-refractivity contribution is 7.89. The van der Waals surface area contributed by atoms with Crippen molar-refractivity contribution in [2.75, 3.05) is 32.0 Å². The minimum absolute atomic E-state index is 0.336. The van der Waals surface area contributed by atoms with Crippen molar-refractivity contribution in [2.45, 2.75) is 82.6 Å². The maximum absolute atomic E-state index is 13.6. The van der Waals surface area contributed by atoms with Crippen molar-refractivity contribution in [1.82, 2.24) is 19.1 Å². The van der Waals surface area contributed by atoms with E-state index in [1.807, 2.05) is 0 Å². The van der Waals surface area contributed by atoms with Gasteiger partial charge in [0.15, 0.2) is 0 Å². The molecule has 0 spiro atoms. The fourth-order valence-corrected chi connectivity index (χ4v) is 6.73. The van der Waals surface area contributed by atoms with E-state index in [1.54, 1.807) is 22.5 Å². The van der Waals surface area contributed by atoms with E-state index in [1.165, 1.54) is 29.6 Å². The lowest BCUT2D eigenvalue weighted by molar-refractivity contribution is 0.161. The van der Waals surface area contributed by atoms with Crippen molar-refractivity contribution >= 4 is 26.5 Å². The Kier molecular flexibility index (Phi) is 7.76. The molecule has 1 atom stereocenters. The van der Waals surface area contributed by atoms with Gasteiger partial charge in [0.25, 0.3) is 0 Å². The summed E-state index contributed by atoms with van der Waals surface area (Å²) in [7, 11) is -3.57. The van der Waals surface area contributed by atoms with E-state index < -0.39 is 10.0 Å². The van der Waals surface area contributed by atoms with E-state index in [0.717, 1.165) is 68.2 Å². The molecule has 8 heteroatoms. The Morgan fingerprint density at radius 3 is 2.61 bits per heavy atom. The second-order valence-corrected chi connectivity index (χ2v) is 11.4. The van der Waals surface area contributed by atoms with Crippen molar-refractivity contribution in [1.29, 1.82) is 0 Å². The molecule has 2 aliphatic rings. The summed E-state index contributed by atoms with van der Waals surface area (Å²) in [6, 6.07) is 5.91. The van der Waals surface area contributed by atoms with Gasteiger partial charge in [0.05, 0.1) is 16.1 Å². The van der Waals surface area contributed by atoms with Crippen LogP contribution in [-0.4, -0.2) is 59.7 Å². The van der Waals surface area contributed by atoms with Crippen molar-refractivity contribution in [3.63, 3.8) is 0 Å². The number of hydrogen-bond acceptors (Lipinski definition) is 5. The van der Waals surface area contributed by atoms with Crippen LogP contribution < -0.4 is 5.84 Å². The second-order valence-electron chi connectivity index (χ2n) is 9.50. The van der Waals surface area contributed by atoms with Crippen LogP contribution in [0.3, 0.4) is 0 Å². The molecule has 1 unspecified atom stereocenters. The molecule has 1 aromatic carbocycles. The molecule has 33 heavy (non-hydrogen) atoms. The number of rotatable bonds is 9. The van der Waals surface area contributed by atoms with Crippen LogP contribution in [-0.2, 0) is 10.0 Å². The lowest BCUT2D eigenvalue weighted by atomic mass is 9.96. The summed E-state index contributed by atoms with van der Waals surface area (Å²) in [6.45, 7) is 7.38. The first kappa shape index (κ1) is 24.2. The summed E-state index contributed by atoms with van der Waals surface area (Å²) < 4.78 is 28.8. The topological polar surface area (TPSA) is 84.5 Å². The molecule has 0 saturated carbocycles. The molecule has 2 aromatic rings. The van der Waals surface area contributed by atoms with E-state index in [9.17, 15) is 8.42 Å². The quantitative estimate of drug-likeness (QED) is 0.547. The highest BCUT2D eigenvalue weighted by Crippen LogP contribution is 2.33. The molecule has 0 amide bonds. The van der Waals surface area contributed by atoms with Crippen LogP contribution in [0.15, 0.2) is 29.2 Å². The van der Waals surface area contributed by atoms with Gasteiger partial charge in [0.2, 0.25) is 10.0 Å². The number of benzene rings is 1. The number of unbranched alkanes of at least 4 members (excludes halogenated alkanes) is 2. The van der Waals surface area contributed by atoms with Gasteiger partial charge in [0, 0.05) is 31.1 Å². The van der Waals surface area contributed by atoms with Crippen LogP contribution in [0, 0.1) is 0 Å². The van der Waals surface area contributed by atoms with Crippen LogP contribution in [0.5, 0.6) is 0 Å². The minimum atomic E-state index is -3.57. The fraction of sp³-hybridized carbons (Fsp3) is 0.640. The van der Waals surface area contributed by atoms with Gasteiger partial charge in [-0.2, -0.15) is 14.2 Å². The maximum atomic E-state index is 13.6. The molecule has 2 N–H and O–H groups in total. The Morgan fingerprint density at radius 1 is 1.12 bits per heavy atom. The fourth-order valence-electron chi connectivity index (χ4n) is 5.18. The first-order chi connectivity index (χ1) is 16.0.